The number of carbonyl (C=O) groups is 4. The Kier molecular flexibility index (Phi) is 8.48. The zero-order valence-corrected chi connectivity index (χ0v) is 21.8. The number of rotatable bonds is 7. The van der Waals surface area contributed by atoms with Gasteiger partial charge in [-0.3, -0.25) is 19.2 Å². The van der Waals surface area contributed by atoms with Gasteiger partial charge in [-0.25, -0.2) is 0 Å². The fourth-order valence-electron chi connectivity index (χ4n) is 4.37. The zero-order valence-electron chi connectivity index (χ0n) is 21.1. The molecule has 0 aromatic heterocycles. The number of hydrogen-bond donors (Lipinski definition) is 1. The van der Waals surface area contributed by atoms with E-state index >= 15 is 0 Å². The highest BCUT2D eigenvalue weighted by atomic mass is 35.5. The van der Waals surface area contributed by atoms with E-state index in [0.717, 1.165) is 30.3 Å². The Morgan fingerprint density at radius 2 is 1.45 bits per heavy atom. The molecule has 38 heavy (non-hydrogen) atoms. The predicted octanol–water partition coefficient (Wildman–Crippen LogP) is 3.64. The smallest absolute Gasteiger partial charge is 0.303 e. The average molecular weight is 538 g/mol. The first kappa shape index (κ1) is 26.9. The SMILES string of the molecule is CC(=O)O[C@H](C(=O)Nc1ccc2ccccc2c1)[C@H](OC(C)=O)C(=O)N1CCN(c2cccc(Cl)c2)CC1. The van der Waals surface area contributed by atoms with Crippen molar-refractivity contribution in [3.8, 4) is 0 Å². The van der Waals surface area contributed by atoms with Gasteiger partial charge in [-0.2, -0.15) is 0 Å². The molecule has 1 aliphatic heterocycles. The van der Waals surface area contributed by atoms with E-state index in [1.54, 1.807) is 18.2 Å². The van der Waals surface area contributed by atoms with E-state index in [0.29, 0.717) is 36.9 Å². The first-order valence-corrected chi connectivity index (χ1v) is 12.5. The van der Waals surface area contributed by atoms with Crippen LogP contribution in [-0.4, -0.2) is 67.0 Å². The van der Waals surface area contributed by atoms with Gasteiger partial charge in [0.2, 0.25) is 12.2 Å². The molecule has 0 bridgehead atoms. The third-order valence-electron chi connectivity index (χ3n) is 6.14. The minimum Gasteiger partial charge on any atom is -0.448 e. The quantitative estimate of drug-likeness (QED) is 0.459. The molecule has 1 N–H and O–H groups in total. The zero-order chi connectivity index (χ0) is 27.2. The second-order valence-corrected chi connectivity index (χ2v) is 9.34. The largest absolute Gasteiger partial charge is 0.448 e. The molecule has 3 aromatic carbocycles. The molecule has 1 heterocycles. The van der Waals surface area contributed by atoms with Crippen LogP contribution in [0.25, 0.3) is 10.8 Å². The number of piperazine rings is 1. The Labute approximate surface area is 225 Å². The monoisotopic (exact) mass is 537 g/mol. The Morgan fingerprint density at radius 1 is 0.789 bits per heavy atom. The lowest BCUT2D eigenvalue weighted by molar-refractivity contribution is -0.176. The molecular formula is C28H28ClN3O6. The maximum Gasteiger partial charge on any atom is 0.303 e. The summed E-state index contributed by atoms with van der Waals surface area (Å²) < 4.78 is 10.5. The third kappa shape index (κ3) is 6.60. The molecule has 10 heteroatoms. The first-order valence-electron chi connectivity index (χ1n) is 12.1. The van der Waals surface area contributed by atoms with Gasteiger partial charge in [-0.05, 0) is 41.1 Å². The van der Waals surface area contributed by atoms with Crippen LogP contribution in [0.3, 0.4) is 0 Å². The summed E-state index contributed by atoms with van der Waals surface area (Å²) in [5, 5.41) is 5.16. The van der Waals surface area contributed by atoms with E-state index in [1.165, 1.54) is 4.90 Å². The number of carbonyl (C=O) groups excluding carboxylic acids is 4. The lowest BCUT2D eigenvalue weighted by Gasteiger charge is -2.38. The van der Waals surface area contributed by atoms with Gasteiger partial charge in [0, 0.05) is 56.4 Å². The molecule has 0 aliphatic carbocycles. The van der Waals surface area contributed by atoms with Gasteiger partial charge in [0.25, 0.3) is 11.8 Å². The number of fused-ring (bicyclic) bond motifs is 1. The van der Waals surface area contributed by atoms with Crippen LogP contribution >= 0.6 is 11.6 Å². The Hall–Kier alpha value is -4.11. The summed E-state index contributed by atoms with van der Waals surface area (Å²) in [6.45, 7) is 3.87. The molecule has 1 aliphatic rings. The van der Waals surface area contributed by atoms with Crippen molar-refractivity contribution in [3.63, 3.8) is 0 Å². The van der Waals surface area contributed by atoms with Crippen molar-refractivity contribution in [3.05, 3.63) is 71.8 Å². The lowest BCUT2D eigenvalue weighted by atomic mass is 10.1. The van der Waals surface area contributed by atoms with Gasteiger partial charge >= 0.3 is 11.9 Å². The number of benzene rings is 3. The van der Waals surface area contributed by atoms with Crippen molar-refractivity contribution < 1.29 is 28.7 Å². The fourth-order valence-corrected chi connectivity index (χ4v) is 4.55. The summed E-state index contributed by atoms with van der Waals surface area (Å²) in [6.07, 6.45) is -3.32. The average Bonchev–Trinajstić information content (AvgIpc) is 2.90. The van der Waals surface area contributed by atoms with Gasteiger partial charge in [0.15, 0.2) is 0 Å². The molecule has 4 rings (SSSR count). The number of halogens is 1. The minimum atomic E-state index is -1.68. The highest BCUT2D eigenvalue weighted by Gasteiger charge is 2.42. The van der Waals surface area contributed by atoms with Crippen LogP contribution in [0.15, 0.2) is 66.7 Å². The van der Waals surface area contributed by atoms with Crippen LogP contribution in [0.2, 0.25) is 5.02 Å². The molecule has 1 saturated heterocycles. The minimum absolute atomic E-state index is 0.308. The Morgan fingerprint density at radius 3 is 2.11 bits per heavy atom. The van der Waals surface area contributed by atoms with Crippen LogP contribution in [0.5, 0.6) is 0 Å². The van der Waals surface area contributed by atoms with Crippen molar-refractivity contribution in [1.82, 2.24) is 4.90 Å². The number of nitrogens with one attached hydrogen (secondary N) is 1. The second kappa shape index (κ2) is 12.0. The topological polar surface area (TPSA) is 105 Å². The van der Waals surface area contributed by atoms with E-state index < -0.39 is 36.0 Å². The van der Waals surface area contributed by atoms with Gasteiger partial charge < -0.3 is 24.6 Å². The molecule has 0 spiro atoms. The van der Waals surface area contributed by atoms with E-state index in [-0.39, 0.29) is 0 Å². The van der Waals surface area contributed by atoms with Crippen LogP contribution in [0, 0.1) is 0 Å². The molecule has 2 atom stereocenters. The van der Waals surface area contributed by atoms with E-state index in [2.05, 4.69) is 10.2 Å². The number of esters is 2. The van der Waals surface area contributed by atoms with Gasteiger partial charge in [0.1, 0.15) is 0 Å². The fraction of sp³-hybridized carbons (Fsp3) is 0.286. The van der Waals surface area contributed by atoms with Crippen molar-refractivity contribution in [2.45, 2.75) is 26.1 Å². The summed E-state index contributed by atoms with van der Waals surface area (Å²) in [7, 11) is 0. The van der Waals surface area contributed by atoms with Gasteiger partial charge in [-0.1, -0.05) is 48.0 Å². The van der Waals surface area contributed by atoms with Crippen molar-refractivity contribution in [2.24, 2.45) is 0 Å². The number of anilines is 2. The number of hydrogen-bond acceptors (Lipinski definition) is 7. The van der Waals surface area contributed by atoms with Crippen LogP contribution in [0.1, 0.15) is 13.8 Å². The molecule has 0 saturated carbocycles. The number of ether oxygens (including phenoxy) is 2. The molecule has 9 nitrogen and oxygen atoms in total. The highest BCUT2D eigenvalue weighted by Crippen LogP contribution is 2.23. The van der Waals surface area contributed by atoms with E-state index in [9.17, 15) is 19.2 Å². The standard InChI is InChI=1S/C28H28ClN3O6/c1-18(33)37-25(27(35)30-23-11-10-20-6-3-4-7-21(20)16-23)26(38-19(2)34)28(36)32-14-12-31(13-15-32)24-9-5-8-22(29)17-24/h3-11,16-17,25-26H,12-15H2,1-2H3,(H,30,35)/t25-,26-/m0/s1. The maximum atomic E-state index is 13.5. The molecule has 0 unspecified atom stereocenters. The first-order chi connectivity index (χ1) is 18.2. The molecule has 3 aromatic rings. The van der Waals surface area contributed by atoms with E-state index in [4.69, 9.17) is 21.1 Å². The summed E-state index contributed by atoms with van der Waals surface area (Å²) >= 11 is 6.11. The maximum absolute atomic E-state index is 13.5. The van der Waals surface area contributed by atoms with Gasteiger partial charge in [-0.15, -0.1) is 0 Å². The molecule has 198 valence electrons. The summed E-state index contributed by atoms with van der Waals surface area (Å²) in [5.74, 6) is -2.98. The Balaban J connectivity index is 1.52. The van der Waals surface area contributed by atoms with Crippen molar-refractivity contribution in [1.29, 1.82) is 0 Å². The molecule has 0 radical (unpaired) electrons. The normalized spacial score (nSPS) is 14.9. The molecule has 2 amide bonds. The van der Waals surface area contributed by atoms with Crippen molar-refractivity contribution in [2.75, 3.05) is 36.4 Å². The third-order valence-corrected chi connectivity index (χ3v) is 6.38. The second-order valence-electron chi connectivity index (χ2n) is 8.90. The van der Waals surface area contributed by atoms with Crippen LogP contribution < -0.4 is 10.2 Å². The number of nitrogens with zero attached hydrogens (tertiary/aromatic N) is 2. The van der Waals surface area contributed by atoms with E-state index in [1.807, 2.05) is 48.5 Å². The van der Waals surface area contributed by atoms with Crippen molar-refractivity contribution >= 4 is 57.5 Å². The molecular weight excluding hydrogens is 510 g/mol. The van der Waals surface area contributed by atoms with Crippen LogP contribution in [0.4, 0.5) is 11.4 Å². The highest BCUT2D eigenvalue weighted by molar-refractivity contribution is 6.30. The summed E-state index contributed by atoms with van der Waals surface area (Å²) in [6, 6.07) is 20.3. The molecule has 1 fully saturated rings. The Bertz CT molecular complexity index is 1360. The predicted molar refractivity (Wildman–Crippen MR) is 144 cm³/mol. The summed E-state index contributed by atoms with van der Waals surface area (Å²) in [5.41, 5.74) is 1.36. The lowest BCUT2D eigenvalue weighted by Crippen LogP contribution is -2.57. The van der Waals surface area contributed by atoms with Crippen LogP contribution in [-0.2, 0) is 28.7 Å². The summed E-state index contributed by atoms with van der Waals surface area (Å²) in [4.78, 5) is 54.2. The number of amides is 2. The van der Waals surface area contributed by atoms with Gasteiger partial charge in [0.05, 0.1) is 0 Å².